The van der Waals surface area contributed by atoms with Gasteiger partial charge in [0.2, 0.25) is 0 Å². The average molecular weight is 225 g/mol. The molecule has 1 aliphatic heterocycles. The molecule has 88 valence electrons. The van der Waals surface area contributed by atoms with Crippen molar-refractivity contribution in [3.05, 3.63) is 12.2 Å². The molecule has 2 heteroatoms. The van der Waals surface area contributed by atoms with Gasteiger partial charge in [-0.25, -0.2) is 0 Å². The van der Waals surface area contributed by atoms with Gasteiger partial charge in [0.15, 0.2) is 0 Å². The van der Waals surface area contributed by atoms with Crippen LogP contribution in [0.25, 0.3) is 0 Å². The highest BCUT2D eigenvalue weighted by atomic mass is 28.3. The lowest BCUT2D eigenvalue weighted by Gasteiger charge is -2.23. The van der Waals surface area contributed by atoms with Crippen LogP contribution in [0.3, 0.4) is 0 Å². The number of nitrogens with zero attached hydrogens (tertiary/aromatic N) is 1. The lowest BCUT2D eigenvalue weighted by Crippen LogP contribution is -2.24. The summed E-state index contributed by atoms with van der Waals surface area (Å²) in [6.07, 6.45) is 7.57. The Morgan fingerprint density at radius 2 is 1.80 bits per heavy atom. The Balaban J connectivity index is 2.46. The second-order valence-electron chi connectivity index (χ2n) is 4.83. The van der Waals surface area contributed by atoms with Crippen LogP contribution in [0.1, 0.15) is 33.6 Å². The van der Waals surface area contributed by atoms with Crippen LogP contribution in [0.4, 0.5) is 0 Å². The predicted octanol–water partition coefficient (Wildman–Crippen LogP) is 3.30. The normalized spacial score (nSPS) is 18.9. The first-order chi connectivity index (χ1) is 7.31. The molecule has 0 aromatic carbocycles. The van der Waals surface area contributed by atoms with Crippen molar-refractivity contribution in [2.24, 2.45) is 0 Å². The van der Waals surface area contributed by atoms with Crippen molar-refractivity contribution in [3.8, 4) is 0 Å². The van der Waals surface area contributed by atoms with Gasteiger partial charge < -0.3 is 4.90 Å². The largest absolute Gasteiger partial charge is 0.301 e. The molecule has 1 atom stereocenters. The molecule has 1 unspecified atom stereocenters. The number of hydrogen-bond donors (Lipinski definition) is 0. The van der Waals surface area contributed by atoms with Gasteiger partial charge >= 0.3 is 0 Å². The highest BCUT2D eigenvalue weighted by Gasteiger charge is 2.26. The van der Waals surface area contributed by atoms with Gasteiger partial charge in [0.05, 0.1) is 0 Å². The first-order valence-corrected chi connectivity index (χ1v) is 8.96. The van der Waals surface area contributed by atoms with Gasteiger partial charge in [-0.15, -0.1) is 0 Å². The zero-order valence-electron chi connectivity index (χ0n) is 10.7. The molecule has 0 radical (unpaired) electrons. The Morgan fingerprint density at radius 1 is 1.20 bits per heavy atom. The van der Waals surface area contributed by atoms with E-state index in [1.54, 1.807) is 0 Å². The summed E-state index contributed by atoms with van der Waals surface area (Å²) in [6, 6.07) is 3.08. The quantitative estimate of drug-likeness (QED) is 0.348. The fourth-order valence-electron chi connectivity index (χ4n) is 2.48. The smallest absolute Gasteiger partial charge is 0.0457 e. The van der Waals surface area contributed by atoms with E-state index < -0.39 is 8.80 Å². The number of hydrogen-bond acceptors (Lipinski definition) is 1. The predicted molar refractivity (Wildman–Crippen MR) is 72.3 cm³/mol. The van der Waals surface area contributed by atoms with Crippen LogP contribution in [0.15, 0.2) is 12.2 Å². The van der Waals surface area contributed by atoms with E-state index in [0.717, 1.165) is 5.54 Å². The minimum absolute atomic E-state index is 0.511. The molecule has 0 aromatic heterocycles. The first kappa shape index (κ1) is 13.0. The van der Waals surface area contributed by atoms with E-state index >= 15 is 0 Å². The Labute approximate surface area is 97.2 Å². The van der Waals surface area contributed by atoms with Crippen molar-refractivity contribution in [2.45, 2.75) is 51.2 Å². The van der Waals surface area contributed by atoms with E-state index in [2.05, 4.69) is 37.8 Å². The summed E-state index contributed by atoms with van der Waals surface area (Å²) in [4.78, 5) is 2.59. The second-order valence-corrected chi connectivity index (χ2v) is 8.36. The summed E-state index contributed by atoms with van der Waals surface area (Å²) in [5.41, 5.74) is 0.942. The molecule has 0 saturated carbocycles. The summed E-state index contributed by atoms with van der Waals surface area (Å²) in [6.45, 7) is 10.9. The van der Waals surface area contributed by atoms with Crippen molar-refractivity contribution in [1.29, 1.82) is 0 Å². The van der Waals surface area contributed by atoms with Crippen LogP contribution in [0.5, 0.6) is 0 Å². The van der Waals surface area contributed by atoms with Gasteiger partial charge in [-0.3, -0.25) is 0 Å². The van der Waals surface area contributed by atoms with Crippen LogP contribution in [-0.4, -0.2) is 33.3 Å². The SMILES string of the molecule is CC=CC(CN1CC1)[SiH](CCC)CCC. The maximum atomic E-state index is 2.59. The molecular weight excluding hydrogens is 198 g/mol. The van der Waals surface area contributed by atoms with Gasteiger partial charge in [0, 0.05) is 28.4 Å². The molecule has 0 amide bonds. The zero-order valence-corrected chi connectivity index (χ0v) is 11.9. The molecule has 1 fully saturated rings. The van der Waals surface area contributed by atoms with E-state index in [-0.39, 0.29) is 0 Å². The van der Waals surface area contributed by atoms with Gasteiger partial charge in [-0.1, -0.05) is 50.9 Å². The summed E-state index contributed by atoms with van der Waals surface area (Å²) in [7, 11) is -0.511. The minimum atomic E-state index is -0.511. The maximum absolute atomic E-state index is 2.59. The molecule has 1 heterocycles. The van der Waals surface area contributed by atoms with Crippen LogP contribution in [0, 0.1) is 0 Å². The standard InChI is InChI=1S/C13H27NSi/c1-4-7-13(12-14-8-9-14)15(10-5-2)11-6-3/h4,7,13,15H,5-6,8-12H2,1-3H3. The molecule has 0 spiro atoms. The molecule has 15 heavy (non-hydrogen) atoms. The van der Waals surface area contributed by atoms with Gasteiger partial charge in [0.25, 0.3) is 0 Å². The van der Waals surface area contributed by atoms with Gasteiger partial charge in [-0.05, 0) is 12.5 Å². The van der Waals surface area contributed by atoms with E-state index in [9.17, 15) is 0 Å². The van der Waals surface area contributed by atoms with Crippen molar-refractivity contribution >= 4 is 8.80 Å². The lowest BCUT2D eigenvalue weighted by molar-refractivity contribution is 0.560. The van der Waals surface area contributed by atoms with E-state index in [1.165, 1.54) is 44.6 Å². The van der Waals surface area contributed by atoms with Gasteiger partial charge in [0.1, 0.15) is 0 Å². The van der Waals surface area contributed by atoms with Crippen molar-refractivity contribution < 1.29 is 0 Å². The summed E-state index contributed by atoms with van der Waals surface area (Å²) in [5, 5.41) is 0. The monoisotopic (exact) mass is 225 g/mol. The summed E-state index contributed by atoms with van der Waals surface area (Å²) < 4.78 is 0. The van der Waals surface area contributed by atoms with Crippen molar-refractivity contribution in [3.63, 3.8) is 0 Å². The van der Waals surface area contributed by atoms with Crippen LogP contribution in [0.2, 0.25) is 17.6 Å². The lowest BCUT2D eigenvalue weighted by atomic mass is 10.3. The van der Waals surface area contributed by atoms with E-state index in [1.807, 2.05) is 0 Å². The maximum Gasteiger partial charge on any atom is 0.0457 e. The molecule has 0 bridgehead atoms. The molecule has 0 N–H and O–H groups in total. The average Bonchev–Trinajstić information content (AvgIpc) is 3.01. The highest BCUT2D eigenvalue weighted by Crippen LogP contribution is 2.25. The Hall–Kier alpha value is -0.0831. The number of allylic oxidation sites excluding steroid dienone is 1. The van der Waals surface area contributed by atoms with Crippen molar-refractivity contribution in [2.75, 3.05) is 19.6 Å². The minimum Gasteiger partial charge on any atom is -0.301 e. The van der Waals surface area contributed by atoms with Crippen LogP contribution in [-0.2, 0) is 0 Å². The second kappa shape index (κ2) is 7.23. The molecule has 0 aliphatic carbocycles. The molecule has 1 nitrogen and oxygen atoms in total. The Morgan fingerprint density at radius 3 is 2.20 bits per heavy atom. The fraction of sp³-hybridized carbons (Fsp3) is 0.846. The third kappa shape index (κ3) is 4.98. The summed E-state index contributed by atoms with van der Waals surface area (Å²) in [5.74, 6) is 0. The van der Waals surface area contributed by atoms with Crippen LogP contribution >= 0.6 is 0 Å². The first-order valence-electron chi connectivity index (χ1n) is 6.66. The number of rotatable bonds is 8. The highest BCUT2D eigenvalue weighted by molar-refractivity contribution is 6.61. The third-order valence-corrected chi connectivity index (χ3v) is 7.65. The van der Waals surface area contributed by atoms with E-state index in [0.29, 0.717) is 0 Å². The van der Waals surface area contributed by atoms with Gasteiger partial charge in [-0.2, -0.15) is 0 Å². The fourth-order valence-corrected chi connectivity index (χ4v) is 6.24. The molecule has 1 rings (SSSR count). The summed E-state index contributed by atoms with van der Waals surface area (Å²) >= 11 is 0. The van der Waals surface area contributed by atoms with E-state index in [4.69, 9.17) is 0 Å². The Bertz CT molecular complexity index is 181. The zero-order chi connectivity index (χ0) is 11.1. The molecule has 1 saturated heterocycles. The van der Waals surface area contributed by atoms with Crippen molar-refractivity contribution in [1.82, 2.24) is 4.90 Å². The molecular formula is C13H27NSi. The van der Waals surface area contributed by atoms with Crippen LogP contribution < -0.4 is 0 Å². The topological polar surface area (TPSA) is 3.01 Å². The molecule has 1 aliphatic rings. The molecule has 0 aromatic rings. The Kier molecular flexibility index (Phi) is 6.26. The third-order valence-electron chi connectivity index (χ3n) is 3.37.